The third-order valence-corrected chi connectivity index (χ3v) is 2.94. The van der Waals surface area contributed by atoms with Gasteiger partial charge in [0, 0.05) is 5.92 Å². The molecule has 1 aliphatic heterocycles. The molecular formula is C9H16F2N2O. The normalized spacial score (nSPS) is 29.9. The molecule has 0 bridgehead atoms. The third-order valence-electron chi connectivity index (χ3n) is 2.94. The maximum absolute atomic E-state index is 13.3. The number of nitrogens with zero attached hydrogens (tertiary/aromatic N) is 1. The van der Waals surface area contributed by atoms with Gasteiger partial charge in [-0.2, -0.15) is 0 Å². The number of hydrogen-bond donors (Lipinski definition) is 1. The molecule has 0 aliphatic carbocycles. The van der Waals surface area contributed by atoms with Crippen molar-refractivity contribution in [3.05, 3.63) is 0 Å². The highest BCUT2D eigenvalue weighted by Gasteiger charge is 2.43. The number of alkyl halides is 2. The Morgan fingerprint density at radius 3 is 2.64 bits per heavy atom. The van der Waals surface area contributed by atoms with Gasteiger partial charge in [0.05, 0.1) is 12.6 Å². The summed E-state index contributed by atoms with van der Waals surface area (Å²) in [6.07, 6.45) is 0.407. The van der Waals surface area contributed by atoms with E-state index in [1.807, 2.05) is 0 Å². The number of likely N-dealkylation sites (tertiary alicyclic amines) is 1. The first-order valence-corrected chi connectivity index (χ1v) is 4.76. The SMILES string of the molecule is CC(C(N)=O)N1CCC(C)C(F)(F)C1. The van der Waals surface area contributed by atoms with E-state index in [-0.39, 0.29) is 6.54 Å². The molecule has 1 rings (SSSR count). The smallest absolute Gasteiger partial charge is 0.263 e. The average Bonchev–Trinajstić information content (AvgIpc) is 2.08. The molecule has 14 heavy (non-hydrogen) atoms. The van der Waals surface area contributed by atoms with E-state index in [0.717, 1.165) is 0 Å². The molecule has 0 spiro atoms. The van der Waals surface area contributed by atoms with E-state index in [4.69, 9.17) is 5.73 Å². The van der Waals surface area contributed by atoms with E-state index in [1.165, 1.54) is 11.8 Å². The first-order valence-electron chi connectivity index (χ1n) is 4.76. The standard InChI is InChI=1S/C9H16F2N2O/c1-6-3-4-13(5-9(6,10)11)7(2)8(12)14/h6-7H,3-5H2,1-2H3,(H2,12,14). The third kappa shape index (κ3) is 2.20. The van der Waals surface area contributed by atoms with Crippen LogP contribution in [0.2, 0.25) is 0 Å². The number of amides is 1. The van der Waals surface area contributed by atoms with Crippen LogP contribution in [-0.2, 0) is 4.79 Å². The van der Waals surface area contributed by atoms with Gasteiger partial charge >= 0.3 is 0 Å². The Morgan fingerprint density at radius 2 is 2.21 bits per heavy atom. The zero-order chi connectivity index (χ0) is 10.9. The summed E-state index contributed by atoms with van der Waals surface area (Å²) in [5.41, 5.74) is 5.06. The second-order valence-electron chi connectivity index (χ2n) is 4.00. The van der Waals surface area contributed by atoms with Gasteiger partial charge in [-0.25, -0.2) is 8.78 Å². The minimum absolute atomic E-state index is 0.363. The van der Waals surface area contributed by atoms with E-state index >= 15 is 0 Å². The van der Waals surface area contributed by atoms with Gasteiger partial charge in [-0.1, -0.05) is 6.92 Å². The van der Waals surface area contributed by atoms with Crippen LogP contribution in [0.1, 0.15) is 20.3 Å². The van der Waals surface area contributed by atoms with Crippen molar-refractivity contribution in [2.24, 2.45) is 11.7 Å². The maximum atomic E-state index is 13.3. The summed E-state index contributed by atoms with van der Waals surface area (Å²) >= 11 is 0. The van der Waals surface area contributed by atoms with Crippen LogP contribution in [0, 0.1) is 5.92 Å². The quantitative estimate of drug-likeness (QED) is 0.727. The molecule has 1 aliphatic rings. The van der Waals surface area contributed by atoms with Crippen LogP contribution >= 0.6 is 0 Å². The number of carbonyl (C=O) groups excluding carboxylic acids is 1. The first kappa shape index (κ1) is 11.4. The van der Waals surface area contributed by atoms with E-state index < -0.39 is 23.8 Å². The van der Waals surface area contributed by atoms with Crippen LogP contribution in [0.3, 0.4) is 0 Å². The van der Waals surface area contributed by atoms with Crippen LogP contribution < -0.4 is 5.73 Å². The summed E-state index contributed by atoms with van der Waals surface area (Å²) in [4.78, 5) is 12.3. The molecule has 1 fully saturated rings. The Labute approximate surface area is 82.2 Å². The largest absolute Gasteiger partial charge is 0.368 e. The molecule has 1 saturated heterocycles. The Hall–Kier alpha value is -0.710. The summed E-state index contributed by atoms with van der Waals surface area (Å²) in [5.74, 6) is -3.86. The Bertz CT molecular complexity index is 233. The van der Waals surface area contributed by atoms with Crippen molar-refractivity contribution in [3.63, 3.8) is 0 Å². The van der Waals surface area contributed by atoms with Crippen LogP contribution in [0.5, 0.6) is 0 Å². The van der Waals surface area contributed by atoms with Gasteiger partial charge < -0.3 is 5.73 Å². The highest BCUT2D eigenvalue weighted by molar-refractivity contribution is 5.79. The number of piperidine rings is 1. The van der Waals surface area contributed by atoms with E-state index in [2.05, 4.69) is 0 Å². The van der Waals surface area contributed by atoms with Crippen molar-refractivity contribution < 1.29 is 13.6 Å². The van der Waals surface area contributed by atoms with Crippen molar-refractivity contribution in [2.45, 2.75) is 32.2 Å². The summed E-state index contributed by atoms with van der Waals surface area (Å²) < 4.78 is 26.6. The van der Waals surface area contributed by atoms with Gasteiger partial charge in [0.25, 0.3) is 5.92 Å². The fraction of sp³-hybridized carbons (Fsp3) is 0.889. The van der Waals surface area contributed by atoms with Gasteiger partial charge in [-0.3, -0.25) is 9.69 Å². The Balaban J connectivity index is 2.64. The van der Waals surface area contributed by atoms with Crippen LogP contribution in [-0.4, -0.2) is 35.9 Å². The van der Waals surface area contributed by atoms with Gasteiger partial charge in [-0.15, -0.1) is 0 Å². The Kier molecular flexibility index (Phi) is 3.09. The van der Waals surface area contributed by atoms with Crippen molar-refractivity contribution in [1.82, 2.24) is 4.90 Å². The molecule has 1 heterocycles. The van der Waals surface area contributed by atoms with Gasteiger partial charge in [0.2, 0.25) is 5.91 Å². The van der Waals surface area contributed by atoms with Crippen LogP contribution in [0.25, 0.3) is 0 Å². The van der Waals surface area contributed by atoms with Gasteiger partial charge in [0.15, 0.2) is 0 Å². The molecule has 0 aromatic carbocycles. The molecule has 0 radical (unpaired) electrons. The van der Waals surface area contributed by atoms with E-state index in [0.29, 0.717) is 13.0 Å². The number of primary amides is 1. The number of hydrogen-bond acceptors (Lipinski definition) is 2. The van der Waals surface area contributed by atoms with Crippen LogP contribution in [0.4, 0.5) is 8.78 Å². The lowest BCUT2D eigenvalue weighted by atomic mass is 9.94. The average molecular weight is 206 g/mol. The minimum Gasteiger partial charge on any atom is -0.368 e. The molecule has 3 nitrogen and oxygen atoms in total. The molecule has 1 amide bonds. The fourth-order valence-electron chi connectivity index (χ4n) is 1.59. The summed E-state index contributed by atoms with van der Waals surface area (Å²) in [5, 5.41) is 0. The maximum Gasteiger partial charge on any atom is 0.263 e. The molecule has 2 unspecified atom stereocenters. The number of carbonyl (C=O) groups is 1. The summed E-state index contributed by atoms with van der Waals surface area (Å²) in [7, 11) is 0. The number of halogens is 2. The van der Waals surface area contributed by atoms with E-state index in [9.17, 15) is 13.6 Å². The zero-order valence-corrected chi connectivity index (χ0v) is 8.46. The first-order chi connectivity index (χ1) is 6.34. The monoisotopic (exact) mass is 206 g/mol. The number of rotatable bonds is 2. The highest BCUT2D eigenvalue weighted by Crippen LogP contribution is 2.32. The lowest BCUT2D eigenvalue weighted by molar-refractivity contribution is -0.134. The highest BCUT2D eigenvalue weighted by atomic mass is 19.3. The molecule has 82 valence electrons. The molecule has 5 heteroatoms. The van der Waals surface area contributed by atoms with Crippen molar-refractivity contribution in [2.75, 3.05) is 13.1 Å². The summed E-state index contributed by atoms with van der Waals surface area (Å²) in [6.45, 7) is 3.25. The second-order valence-corrected chi connectivity index (χ2v) is 4.00. The molecule has 2 atom stereocenters. The van der Waals surface area contributed by atoms with Crippen molar-refractivity contribution in [1.29, 1.82) is 0 Å². The minimum atomic E-state index is -2.71. The van der Waals surface area contributed by atoms with Crippen LogP contribution in [0.15, 0.2) is 0 Å². The second kappa shape index (κ2) is 3.81. The molecule has 0 aromatic rings. The predicted octanol–water partition coefficient (Wildman–Crippen LogP) is 0.837. The fourth-order valence-corrected chi connectivity index (χ4v) is 1.59. The number of nitrogens with two attached hydrogens (primary N) is 1. The lowest BCUT2D eigenvalue weighted by Crippen LogP contribution is -2.54. The molecule has 2 N–H and O–H groups in total. The predicted molar refractivity (Wildman–Crippen MR) is 49.0 cm³/mol. The molecule has 0 saturated carbocycles. The zero-order valence-electron chi connectivity index (χ0n) is 8.46. The molecule has 0 aromatic heterocycles. The lowest BCUT2D eigenvalue weighted by Gasteiger charge is -2.38. The summed E-state index contributed by atoms with van der Waals surface area (Å²) in [6, 6.07) is -0.603. The van der Waals surface area contributed by atoms with Crippen molar-refractivity contribution in [3.8, 4) is 0 Å². The van der Waals surface area contributed by atoms with Crippen molar-refractivity contribution >= 4 is 5.91 Å². The van der Waals surface area contributed by atoms with Gasteiger partial charge in [0.1, 0.15) is 0 Å². The van der Waals surface area contributed by atoms with E-state index in [1.54, 1.807) is 6.92 Å². The molecular weight excluding hydrogens is 190 g/mol. The van der Waals surface area contributed by atoms with Gasteiger partial charge in [-0.05, 0) is 19.9 Å². The Morgan fingerprint density at radius 1 is 1.64 bits per heavy atom. The topological polar surface area (TPSA) is 46.3 Å².